The van der Waals surface area contributed by atoms with E-state index in [-0.39, 0.29) is 24.5 Å². The van der Waals surface area contributed by atoms with Crippen molar-refractivity contribution >= 4 is 5.91 Å². The lowest BCUT2D eigenvalue weighted by atomic mass is 10.0. The van der Waals surface area contributed by atoms with Crippen molar-refractivity contribution in [3.63, 3.8) is 0 Å². The van der Waals surface area contributed by atoms with Gasteiger partial charge in [-0.3, -0.25) is 9.63 Å². The fourth-order valence-electron chi connectivity index (χ4n) is 3.47. The van der Waals surface area contributed by atoms with Gasteiger partial charge in [-0.05, 0) is 18.4 Å². The molecule has 1 aliphatic heterocycles. The Bertz CT molecular complexity index is 755. The molecule has 0 aromatic heterocycles. The molecule has 6 nitrogen and oxygen atoms in total. The van der Waals surface area contributed by atoms with Gasteiger partial charge in [-0.25, -0.2) is 5.06 Å². The Labute approximate surface area is 178 Å². The molecule has 2 aromatic rings. The summed E-state index contributed by atoms with van der Waals surface area (Å²) < 4.78 is 18.1. The molecule has 0 aliphatic carbocycles. The molecule has 0 spiro atoms. The van der Waals surface area contributed by atoms with Crippen LogP contribution in [-0.2, 0) is 30.4 Å². The Kier molecular flexibility index (Phi) is 8.83. The fourth-order valence-corrected chi connectivity index (χ4v) is 3.47. The van der Waals surface area contributed by atoms with Crippen molar-refractivity contribution in [1.29, 1.82) is 0 Å². The van der Waals surface area contributed by atoms with Crippen molar-refractivity contribution in [2.24, 2.45) is 0 Å². The summed E-state index contributed by atoms with van der Waals surface area (Å²) in [4.78, 5) is 17.3. The average molecular weight is 414 g/mol. The van der Waals surface area contributed by atoms with E-state index in [2.05, 4.69) is 12.1 Å². The first-order valence-electron chi connectivity index (χ1n) is 10.4. The standard InChI is InChI=1S/C24H31NO5/c1-25(27-2)23(26)17-22-16-21(29-24(30-22)20-12-7-4-8-13-20)14-9-15-28-18-19-10-5-3-6-11-19/h3-8,10-13,21-22,24H,9,14-18H2,1-2H3/t21-,22-,24-/m0/s1. The van der Waals surface area contributed by atoms with E-state index in [0.717, 1.165) is 18.4 Å². The van der Waals surface area contributed by atoms with Crippen molar-refractivity contribution in [2.45, 2.75) is 50.8 Å². The lowest BCUT2D eigenvalue weighted by molar-refractivity contribution is -0.251. The first-order valence-corrected chi connectivity index (χ1v) is 10.4. The first-order chi connectivity index (χ1) is 14.7. The Morgan fingerprint density at radius 2 is 1.70 bits per heavy atom. The number of hydroxylamine groups is 2. The third-order valence-electron chi connectivity index (χ3n) is 5.18. The molecule has 0 saturated carbocycles. The molecule has 3 rings (SSSR count). The summed E-state index contributed by atoms with van der Waals surface area (Å²) >= 11 is 0. The van der Waals surface area contributed by atoms with Crippen LogP contribution in [0, 0.1) is 0 Å². The minimum absolute atomic E-state index is 0.00920. The molecule has 1 saturated heterocycles. The quantitative estimate of drug-likeness (QED) is 0.430. The lowest BCUT2D eigenvalue weighted by Crippen LogP contribution is -2.38. The van der Waals surface area contributed by atoms with E-state index in [1.165, 1.54) is 17.7 Å². The summed E-state index contributed by atoms with van der Waals surface area (Å²) in [6, 6.07) is 20.0. The highest BCUT2D eigenvalue weighted by atomic mass is 16.7. The number of carbonyl (C=O) groups is 1. The zero-order chi connectivity index (χ0) is 21.2. The van der Waals surface area contributed by atoms with Gasteiger partial charge in [0, 0.05) is 25.6 Å². The Hall–Kier alpha value is -2.25. The molecule has 0 N–H and O–H groups in total. The number of nitrogens with zero attached hydrogens (tertiary/aromatic N) is 1. The van der Waals surface area contributed by atoms with E-state index in [1.54, 1.807) is 7.05 Å². The van der Waals surface area contributed by atoms with Gasteiger partial charge in [0.05, 0.1) is 32.3 Å². The first kappa shape index (κ1) is 22.4. The van der Waals surface area contributed by atoms with E-state index < -0.39 is 6.29 Å². The zero-order valence-corrected chi connectivity index (χ0v) is 17.7. The monoisotopic (exact) mass is 413 g/mol. The third-order valence-corrected chi connectivity index (χ3v) is 5.18. The van der Waals surface area contributed by atoms with Gasteiger partial charge < -0.3 is 14.2 Å². The number of amides is 1. The molecule has 6 heteroatoms. The molecule has 1 amide bonds. The maximum absolute atomic E-state index is 12.3. The molecule has 1 aliphatic rings. The number of hydrogen-bond donors (Lipinski definition) is 0. The van der Waals surface area contributed by atoms with E-state index in [9.17, 15) is 4.79 Å². The minimum Gasteiger partial charge on any atom is -0.377 e. The van der Waals surface area contributed by atoms with Crippen molar-refractivity contribution < 1.29 is 23.8 Å². The topological polar surface area (TPSA) is 57.2 Å². The van der Waals surface area contributed by atoms with Crippen molar-refractivity contribution in [1.82, 2.24) is 5.06 Å². The fraction of sp³-hybridized carbons (Fsp3) is 0.458. The third kappa shape index (κ3) is 6.92. The van der Waals surface area contributed by atoms with Crippen LogP contribution in [0.1, 0.15) is 43.1 Å². The molecule has 0 unspecified atom stereocenters. The SMILES string of the molecule is CON(C)C(=O)C[C@@H]1C[C@H](CCCOCc2ccccc2)O[C@H](c2ccccc2)O1. The summed E-state index contributed by atoms with van der Waals surface area (Å²) in [5.41, 5.74) is 2.13. The molecule has 162 valence electrons. The molecule has 3 atom stereocenters. The van der Waals surface area contributed by atoms with Crippen LogP contribution in [0.5, 0.6) is 0 Å². The maximum Gasteiger partial charge on any atom is 0.248 e. The Balaban J connectivity index is 1.51. The molecule has 0 bridgehead atoms. The number of ether oxygens (including phenoxy) is 3. The lowest BCUT2D eigenvalue weighted by Gasteiger charge is -2.36. The maximum atomic E-state index is 12.3. The van der Waals surface area contributed by atoms with Crippen LogP contribution in [-0.4, -0.2) is 43.9 Å². The molecule has 1 fully saturated rings. The van der Waals surface area contributed by atoms with Crippen molar-refractivity contribution in [3.05, 3.63) is 71.8 Å². The van der Waals surface area contributed by atoms with E-state index in [0.29, 0.717) is 19.6 Å². The van der Waals surface area contributed by atoms with Gasteiger partial charge in [-0.2, -0.15) is 0 Å². The molecule has 30 heavy (non-hydrogen) atoms. The van der Waals surface area contributed by atoms with Gasteiger partial charge in [0.2, 0.25) is 5.91 Å². The average Bonchev–Trinajstić information content (AvgIpc) is 2.79. The van der Waals surface area contributed by atoms with E-state index in [4.69, 9.17) is 19.0 Å². The summed E-state index contributed by atoms with van der Waals surface area (Å²) in [5.74, 6) is -0.110. The Morgan fingerprint density at radius 3 is 2.40 bits per heavy atom. The molecular weight excluding hydrogens is 382 g/mol. The highest BCUT2D eigenvalue weighted by Crippen LogP contribution is 2.33. The summed E-state index contributed by atoms with van der Waals surface area (Å²) in [6.45, 7) is 1.28. The summed E-state index contributed by atoms with van der Waals surface area (Å²) in [6.07, 6.45) is 1.99. The van der Waals surface area contributed by atoms with Gasteiger partial charge >= 0.3 is 0 Å². The van der Waals surface area contributed by atoms with Gasteiger partial charge in [-0.1, -0.05) is 60.7 Å². The van der Waals surface area contributed by atoms with Crippen LogP contribution >= 0.6 is 0 Å². The second-order valence-corrected chi connectivity index (χ2v) is 7.45. The second-order valence-electron chi connectivity index (χ2n) is 7.45. The summed E-state index contributed by atoms with van der Waals surface area (Å²) in [5, 5.41) is 1.24. The van der Waals surface area contributed by atoms with Crippen LogP contribution in [0.25, 0.3) is 0 Å². The molecular formula is C24H31NO5. The van der Waals surface area contributed by atoms with Crippen LogP contribution in [0.15, 0.2) is 60.7 Å². The van der Waals surface area contributed by atoms with Crippen molar-refractivity contribution in [2.75, 3.05) is 20.8 Å². The number of hydrogen-bond acceptors (Lipinski definition) is 5. The van der Waals surface area contributed by atoms with Gasteiger partial charge in [0.15, 0.2) is 6.29 Å². The van der Waals surface area contributed by atoms with Crippen LogP contribution in [0.4, 0.5) is 0 Å². The molecule has 0 radical (unpaired) electrons. The normalized spacial score (nSPS) is 21.3. The highest BCUT2D eigenvalue weighted by molar-refractivity contribution is 5.75. The zero-order valence-electron chi connectivity index (χ0n) is 17.7. The van der Waals surface area contributed by atoms with Crippen molar-refractivity contribution in [3.8, 4) is 0 Å². The Morgan fingerprint density at radius 1 is 1.03 bits per heavy atom. The molecule has 1 heterocycles. The smallest absolute Gasteiger partial charge is 0.248 e. The predicted octanol–water partition coefficient (Wildman–Crippen LogP) is 4.27. The second kappa shape index (κ2) is 11.8. The minimum atomic E-state index is -0.471. The van der Waals surface area contributed by atoms with Gasteiger partial charge in [0.1, 0.15) is 0 Å². The number of benzene rings is 2. The number of rotatable bonds is 10. The summed E-state index contributed by atoms with van der Waals surface area (Å²) in [7, 11) is 3.09. The van der Waals surface area contributed by atoms with E-state index >= 15 is 0 Å². The van der Waals surface area contributed by atoms with Gasteiger partial charge in [-0.15, -0.1) is 0 Å². The predicted molar refractivity (Wildman–Crippen MR) is 113 cm³/mol. The van der Waals surface area contributed by atoms with Crippen LogP contribution in [0.2, 0.25) is 0 Å². The highest BCUT2D eigenvalue weighted by Gasteiger charge is 2.32. The van der Waals surface area contributed by atoms with Crippen LogP contribution in [0.3, 0.4) is 0 Å². The largest absolute Gasteiger partial charge is 0.377 e. The van der Waals surface area contributed by atoms with Crippen LogP contribution < -0.4 is 0 Å². The number of carbonyl (C=O) groups excluding carboxylic acids is 1. The van der Waals surface area contributed by atoms with E-state index in [1.807, 2.05) is 48.5 Å². The van der Waals surface area contributed by atoms with Gasteiger partial charge in [0.25, 0.3) is 0 Å². The molecule has 2 aromatic carbocycles.